The highest BCUT2D eigenvalue weighted by atomic mass is 19.4. The molecule has 0 aliphatic heterocycles. The van der Waals surface area contributed by atoms with Gasteiger partial charge in [-0.2, -0.15) is 31.4 Å². The maximum Gasteiger partial charge on any atom is 0.417 e. The number of aromatic nitrogens is 4. The molecule has 1 N–H and O–H groups in total. The summed E-state index contributed by atoms with van der Waals surface area (Å²) in [7, 11) is 0. The second kappa shape index (κ2) is 7.65. The van der Waals surface area contributed by atoms with Crippen LogP contribution in [0.15, 0.2) is 54.0 Å². The number of halogens is 6. The Morgan fingerprint density at radius 1 is 1.00 bits per heavy atom. The van der Waals surface area contributed by atoms with E-state index in [4.69, 9.17) is 0 Å². The molecule has 0 saturated carbocycles. The molecule has 2 heterocycles. The Labute approximate surface area is 163 Å². The topological polar surface area (TPSA) is 81.8 Å². The predicted molar refractivity (Wildman–Crippen MR) is 90.7 cm³/mol. The summed E-state index contributed by atoms with van der Waals surface area (Å²) in [6.45, 7) is -0.851. The Kier molecular flexibility index (Phi) is 5.37. The van der Waals surface area contributed by atoms with Gasteiger partial charge >= 0.3 is 12.4 Å². The molecule has 3 rings (SSSR count). The first kappa shape index (κ1) is 21.1. The summed E-state index contributed by atoms with van der Waals surface area (Å²) >= 11 is 0. The Hall–Kier alpha value is -3.64. The minimum atomic E-state index is -4.74. The molecule has 0 aliphatic carbocycles. The average molecular weight is 431 g/mol. The predicted octanol–water partition coefficient (Wildman–Crippen LogP) is 3.11. The van der Waals surface area contributed by atoms with Crippen LogP contribution in [0.2, 0.25) is 0 Å². The average Bonchev–Trinajstić information content (AvgIpc) is 3.16. The lowest BCUT2D eigenvalue weighted by molar-refractivity contribution is -0.138. The largest absolute Gasteiger partial charge is 0.417 e. The summed E-state index contributed by atoms with van der Waals surface area (Å²) in [6.07, 6.45) is -6.71. The highest BCUT2D eigenvalue weighted by Gasteiger charge is 2.32. The molecular formula is C17H11F6N5O2. The Morgan fingerprint density at radius 3 is 2.27 bits per heavy atom. The van der Waals surface area contributed by atoms with Gasteiger partial charge in [0, 0.05) is 12.3 Å². The summed E-state index contributed by atoms with van der Waals surface area (Å²) in [5.74, 6) is -1.02. The van der Waals surface area contributed by atoms with Gasteiger partial charge in [-0.25, -0.2) is 9.67 Å². The lowest BCUT2D eigenvalue weighted by atomic mass is 10.1. The number of rotatable bonds is 4. The highest BCUT2D eigenvalue weighted by Crippen LogP contribution is 2.33. The van der Waals surface area contributed by atoms with E-state index in [1.165, 1.54) is 6.33 Å². The molecule has 7 nitrogen and oxygen atoms in total. The minimum absolute atomic E-state index is 0.0326. The molecule has 0 fully saturated rings. The number of amides is 1. The van der Waals surface area contributed by atoms with Crippen molar-refractivity contribution >= 4 is 11.6 Å². The molecule has 0 saturated heterocycles. The number of carbonyl (C=O) groups excluding carboxylic acids is 1. The molecule has 0 bridgehead atoms. The van der Waals surface area contributed by atoms with E-state index in [9.17, 15) is 35.9 Å². The first-order chi connectivity index (χ1) is 13.9. The van der Waals surface area contributed by atoms with E-state index < -0.39 is 41.5 Å². The van der Waals surface area contributed by atoms with Gasteiger partial charge in [0.1, 0.15) is 19.2 Å². The van der Waals surface area contributed by atoms with E-state index in [2.05, 4.69) is 15.4 Å². The number of anilines is 1. The van der Waals surface area contributed by atoms with Gasteiger partial charge in [-0.3, -0.25) is 9.59 Å². The SMILES string of the molecule is O=C(Cn1cc(C(F)(F)F)ccc1=O)Nc1cc(C(F)(F)F)ccc1-n1cncn1. The molecule has 3 aromatic rings. The van der Waals surface area contributed by atoms with Crippen molar-refractivity contribution in [2.45, 2.75) is 18.9 Å². The number of nitrogens with zero attached hydrogens (tertiary/aromatic N) is 4. The smallest absolute Gasteiger partial charge is 0.323 e. The van der Waals surface area contributed by atoms with Crippen molar-refractivity contribution in [2.24, 2.45) is 0 Å². The number of hydrogen-bond acceptors (Lipinski definition) is 4. The molecule has 158 valence electrons. The number of pyridine rings is 1. The van der Waals surface area contributed by atoms with Gasteiger partial charge in [0.05, 0.1) is 22.5 Å². The van der Waals surface area contributed by atoms with Gasteiger partial charge in [0.15, 0.2) is 0 Å². The van der Waals surface area contributed by atoms with E-state index in [1.54, 1.807) is 0 Å². The summed E-state index contributed by atoms with van der Waals surface area (Å²) < 4.78 is 79.1. The van der Waals surface area contributed by atoms with E-state index in [0.29, 0.717) is 29.0 Å². The van der Waals surface area contributed by atoms with Crippen LogP contribution in [0, 0.1) is 0 Å². The number of alkyl halides is 6. The molecule has 1 aromatic carbocycles. The maximum atomic E-state index is 13.0. The molecule has 13 heteroatoms. The Balaban J connectivity index is 1.92. The standard InChI is InChI=1S/C17H11F6N5O2/c18-16(19,20)10-1-3-13(28-9-24-8-25-28)12(5-10)26-14(29)7-27-6-11(17(21,22)23)2-4-15(27)30/h1-6,8-9H,7H2,(H,26,29). The van der Waals surface area contributed by atoms with Crippen LogP contribution in [0.1, 0.15) is 11.1 Å². The third-order valence-corrected chi connectivity index (χ3v) is 3.89. The summed E-state index contributed by atoms with van der Waals surface area (Å²) in [5, 5.41) is 5.95. The van der Waals surface area contributed by atoms with Crippen molar-refractivity contribution in [1.82, 2.24) is 19.3 Å². The fourth-order valence-corrected chi connectivity index (χ4v) is 2.51. The number of nitrogens with one attached hydrogen (secondary N) is 1. The fourth-order valence-electron chi connectivity index (χ4n) is 2.51. The van der Waals surface area contributed by atoms with Gasteiger partial charge < -0.3 is 9.88 Å². The first-order valence-electron chi connectivity index (χ1n) is 8.09. The van der Waals surface area contributed by atoms with Crippen molar-refractivity contribution in [3.63, 3.8) is 0 Å². The third kappa shape index (κ3) is 4.67. The number of carbonyl (C=O) groups is 1. The van der Waals surface area contributed by atoms with Crippen LogP contribution in [0.4, 0.5) is 32.0 Å². The number of benzene rings is 1. The van der Waals surface area contributed by atoms with E-state index >= 15 is 0 Å². The van der Waals surface area contributed by atoms with Gasteiger partial charge in [-0.05, 0) is 24.3 Å². The molecule has 0 atom stereocenters. The molecule has 30 heavy (non-hydrogen) atoms. The van der Waals surface area contributed by atoms with Crippen LogP contribution >= 0.6 is 0 Å². The maximum absolute atomic E-state index is 13.0. The molecule has 1 amide bonds. The Bertz CT molecular complexity index is 1120. The van der Waals surface area contributed by atoms with Gasteiger partial charge in [-0.15, -0.1) is 0 Å². The van der Waals surface area contributed by atoms with Crippen LogP contribution in [0.25, 0.3) is 5.69 Å². The molecule has 2 aromatic heterocycles. The quantitative estimate of drug-likeness (QED) is 0.644. The van der Waals surface area contributed by atoms with Crippen LogP contribution in [-0.2, 0) is 23.7 Å². The monoisotopic (exact) mass is 431 g/mol. The van der Waals surface area contributed by atoms with Gasteiger partial charge in [0.25, 0.3) is 5.56 Å². The second-order valence-electron chi connectivity index (χ2n) is 6.00. The molecule has 0 spiro atoms. The number of hydrogen-bond donors (Lipinski definition) is 1. The van der Waals surface area contributed by atoms with Crippen LogP contribution < -0.4 is 10.9 Å². The molecule has 0 radical (unpaired) electrons. The minimum Gasteiger partial charge on any atom is -0.323 e. The normalized spacial score (nSPS) is 12.1. The summed E-state index contributed by atoms with van der Waals surface area (Å²) in [6, 6.07) is 3.66. The zero-order chi connectivity index (χ0) is 22.1. The second-order valence-corrected chi connectivity index (χ2v) is 6.00. The fraction of sp³-hybridized carbons (Fsp3) is 0.176. The summed E-state index contributed by atoms with van der Waals surface area (Å²) in [5.41, 5.74) is -3.40. The molecular weight excluding hydrogens is 420 g/mol. The highest BCUT2D eigenvalue weighted by molar-refractivity contribution is 5.92. The molecule has 0 aliphatic rings. The van der Waals surface area contributed by atoms with Crippen LogP contribution in [0.3, 0.4) is 0 Å². The summed E-state index contributed by atoms with van der Waals surface area (Å²) in [4.78, 5) is 27.7. The molecule has 0 unspecified atom stereocenters. The van der Waals surface area contributed by atoms with E-state index in [1.807, 2.05) is 0 Å². The van der Waals surface area contributed by atoms with Gasteiger partial charge in [0.2, 0.25) is 5.91 Å². The van der Waals surface area contributed by atoms with E-state index in [-0.39, 0.29) is 11.4 Å². The zero-order valence-electron chi connectivity index (χ0n) is 14.7. The third-order valence-electron chi connectivity index (χ3n) is 3.89. The Morgan fingerprint density at radius 2 is 1.67 bits per heavy atom. The zero-order valence-corrected chi connectivity index (χ0v) is 14.7. The van der Waals surface area contributed by atoms with Crippen molar-refractivity contribution in [3.8, 4) is 5.69 Å². The lowest BCUT2D eigenvalue weighted by Crippen LogP contribution is -2.28. The van der Waals surface area contributed by atoms with Crippen LogP contribution in [0.5, 0.6) is 0 Å². The first-order valence-corrected chi connectivity index (χ1v) is 8.09. The van der Waals surface area contributed by atoms with Crippen molar-refractivity contribution in [3.05, 3.63) is 70.7 Å². The van der Waals surface area contributed by atoms with E-state index in [0.717, 1.165) is 23.1 Å². The van der Waals surface area contributed by atoms with Crippen LogP contribution in [-0.4, -0.2) is 25.2 Å². The van der Waals surface area contributed by atoms with Gasteiger partial charge in [-0.1, -0.05) is 0 Å². The van der Waals surface area contributed by atoms with Crippen molar-refractivity contribution in [1.29, 1.82) is 0 Å². The van der Waals surface area contributed by atoms with Crippen molar-refractivity contribution in [2.75, 3.05) is 5.32 Å². The lowest BCUT2D eigenvalue weighted by Gasteiger charge is -2.15. The van der Waals surface area contributed by atoms with Crippen molar-refractivity contribution < 1.29 is 31.1 Å².